The molecule has 1 rings (SSSR count). The van der Waals surface area contributed by atoms with Gasteiger partial charge in [-0.3, -0.25) is 4.79 Å². The molecule has 1 unspecified atom stereocenters. The molecule has 0 heterocycles. The van der Waals surface area contributed by atoms with Gasteiger partial charge in [0.2, 0.25) is 5.91 Å². The summed E-state index contributed by atoms with van der Waals surface area (Å²) in [5, 5.41) is 8.80. The zero-order valence-electron chi connectivity index (χ0n) is 11.8. The lowest BCUT2D eigenvalue weighted by Gasteiger charge is -2.21. The van der Waals surface area contributed by atoms with Crippen LogP contribution in [0.4, 0.5) is 0 Å². The van der Waals surface area contributed by atoms with Crippen LogP contribution in [0, 0.1) is 17.2 Å². The maximum Gasteiger partial charge on any atom is 0.222 e. The summed E-state index contributed by atoms with van der Waals surface area (Å²) >= 11 is 0. The normalized spacial score (nSPS) is 11.6. The summed E-state index contributed by atoms with van der Waals surface area (Å²) < 4.78 is 0. The highest BCUT2D eigenvalue weighted by Crippen LogP contribution is 2.07. The first-order valence-electron chi connectivity index (χ1n) is 6.88. The van der Waals surface area contributed by atoms with E-state index in [1.165, 1.54) is 5.56 Å². The van der Waals surface area contributed by atoms with Gasteiger partial charge >= 0.3 is 0 Å². The third-order valence-electron chi connectivity index (χ3n) is 3.15. The molecule has 19 heavy (non-hydrogen) atoms. The Morgan fingerprint density at radius 1 is 1.37 bits per heavy atom. The van der Waals surface area contributed by atoms with E-state index in [4.69, 9.17) is 5.26 Å². The molecule has 0 aromatic heterocycles. The Balaban J connectivity index is 2.35. The second kappa shape index (κ2) is 8.31. The van der Waals surface area contributed by atoms with Gasteiger partial charge in [-0.15, -0.1) is 0 Å². The first-order chi connectivity index (χ1) is 9.17. The number of nitriles is 1. The largest absolute Gasteiger partial charge is 0.342 e. The Morgan fingerprint density at radius 2 is 2.05 bits per heavy atom. The van der Waals surface area contributed by atoms with Crippen LogP contribution in [0.3, 0.4) is 0 Å². The highest BCUT2D eigenvalue weighted by atomic mass is 16.2. The van der Waals surface area contributed by atoms with Gasteiger partial charge in [0.05, 0.1) is 12.0 Å². The fourth-order valence-corrected chi connectivity index (χ4v) is 2.03. The molecule has 3 heteroatoms. The van der Waals surface area contributed by atoms with Gasteiger partial charge in [0.25, 0.3) is 0 Å². The molecular formula is C16H22N2O. The minimum Gasteiger partial charge on any atom is -0.342 e. The van der Waals surface area contributed by atoms with Gasteiger partial charge in [-0.25, -0.2) is 0 Å². The molecule has 1 aromatic rings. The van der Waals surface area contributed by atoms with Gasteiger partial charge in [-0.1, -0.05) is 30.3 Å². The smallest absolute Gasteiger partial charge is 0.222 e. The Labute approximate surface area is 115 Å². The van der Waals surface area contributed by atoms with E-state index in [9.17, 15) is 4.79 Å². The van der Waals surface area contributed by atoms with Gasteiger partial charge in [-0.05, 0) is 32.3 Å². The van der Waals surface area contributed by atoms with E-state index in [1.54, 1.807) is 4.90 Å². The molecule has 0 N–H and O–H groups in total. The number of rotatable bonds is 7. The van der Waals surface area contributed by atoms with E-state index in [2.05, 4.69) is 18.2 Å². The fraction of sp³-hybridized carbons (Fsp3) is 0.500. The van der Waals surface area contributed by atoms with Gasteiger partial charge in [-0.2, -0.15) is 5.26 Å². The summed E-state index contributed by atoms with van der Waals surface area (Å²) in [5.74, 6) is 0.0542. The summed E-state index contributed by atoms with van der Waals surface area (Å²) in [5.41, 5.74) is 1.27. The van der Waals surface area contributed by atoms with Gasteiger partial charge in [0.1, 0.15) is 0 Å². The monoisotopic (exact) mass is 258 g/mol. The molecule has 0 aliphatic rings. The number of hydrogen-bond acceptors (Lipinski definition) is 2. The standard InChI is InChI=1S/C16H22N2O/c1-3-18(13-14(2)12-17)16(19)11-7-10-15-8-5-4-6-9-15/h4-6,8-9,14H,3,7,10-11,13H2,1-2H3. The van der Waals surface area contributed by atoms with E-state index in [-0.39, 0.29) is 11.8 Å². The fourth-order valence-electron chi connectivity index (χ4n) is 2.03. The molecule has 0 saturated carbocycles. The summed E-state index contributed by atoms with van der Waals surface area (Å²) in [7, 11) is 0. The second-order valence-electron chi connectivity index (χ2n) is 4.80. The molecule has 102 valence electrons. The number of carbonyl (C=O) groups is 1. The molecular weight excluding hydrogens is 236 g/mol. The van der Waals surface area contributed by atoms with Crippen LogP contribution >= 0.6 is 0 Å². The first-order valence-corrected chi connectivity index (χ1v) is 6.88. The Hall–Kier alpha value is -1.82. The van der Waals surface area contributed by atoms with Crippen LogP contribution in [0.5, 0.6) is 0 Å². The minimum absolute atomic E-state index is 0.0991. The maximum atomic E-state index is 12.0. The Morgan fingerprint density at radius 3 is 2.63 bits per heavy atom. The molecule has 1 atom stereocenters. The Bertz CT molecular complexity index is 422. The molecule has 3 nitrogen and oxygen atoms in total. The molecule has 1 aromatic carbocycles. The van der Waals surface area contributed by atoms with Crippen LogP contribution in [0.1, 0.15) is 32.3 Å². The van der Waals surface area contributed by atoms with E-state index in [1.807, 2.05) is 32.0 Å². The average molecular weight is 258 g/mol. The van der Waals surface area contributed by atoms with Crippen LogP contribution in [0.25, 0.3) is 0 Å². The summed E-state index contributed by atoms with van der Waals surface area (Å²) in [6.07, 6.45) is 2.35. The third-order valence-corrected chi connectivity index (χ3v) is 3.15. The highest BCUT2D eigenvalue weighted by molar-refractivity contribution is 5.76. The van der Waals surface area contributed by atoms with Crippen LogP contribution in [-0.4, -0.2) is 23.9 Å². The topological polar surface area (TPSA) is 44.1 Å². The molecule has 0 radical (unpaired) electrons. The van der Waals surface area contributed by atoms with Crippen LogP contribution in [0.15, 0.2) is 30.3 Å². The summed E-state index contributed by atoms with van der Waals surface area (Å²) in [6.45, 7) is 5.02. The minimum atomic E-state index is -0.0991. The zero-order chi connectivity index (χ0) is 14.1. The molecule has 0 saturated heterocycles. The predicted molar refractivity (Wildman–Crippen MR) is 76.4 cm³/mol. The number of amides is 1. The lowest BCUT2D eigenvalue weighted by atomic mass is 10.1. The van der Waals surface area contributed by atoms with Crippen molar-refractivity contribution >= 4 is 5.91 Å². The van der Waals surface area contributed by atoms with Crippen LogP contribution in [-0.2, 0) is 11.2 Å². The molecule has 0 aliphatic carbocycles. The van der Waals surface area contributed by atoms with Crippen molar-refractivity contribution in [3.8, 4) is 6.07 Å². The van der Waals surface area contributed by atoms with Crippen molar-refractivity contribution in [3.05, 3.63) is 35.9 Å². The van der Waals surface area contributed by atoms with Gasteiger partial charge < -0.3 is 4.90 Å². The predicted octanol–water partition coefficient (Wildman–Crippen LogP) is 3.02. The maximum absolute atomic E-state index is 12.0. The number of benzene rings is 1. The number of hydrogen-bond donors (Lipinski definition) is 0. The van der Waals surface area contributed by atoms with E-state index in [0.29, 0.717) is 19.5 Å². The molecule has 1 amide bonds. The van der Waals surface area contributed by atoms with E-state index >= 15 is 0 Å². The second-order valence-corrected chi connectivity index (χ2v) is 4.80. The van der Waals surface area contributed by atoms with Crippen molar-refractivity contribution in [3.63, 3.8) is 0 Å². The number of carbonyl (C=O) groups excluding carboxylic acids is 1. The number of nitrogens with zero attached hydrogens (tertiary/aromatic N) is 2. The molecule has 0 bridgehead atoms. The first kappa shape index (κ1) is 15.2. The SMILES string of the molecule is CCN(CC(C)C#N)C(=O)CCCc1ccccc1. The van der Waals surface area contributed by atoms with E-state index < -0.39 is 0 Å². The zero-order valence-corrected chi connectivity index (χ0v) is 11.8. The summed E-state index contributed by atoms with van der Waals surface area (Å²) in [4.78, 5) is 13.8. The lowest BCUT2D eigenvalue weighted by Crippen LogP contribution is -2.34. The Kier molecular flexibility index (Phi) is 6.67. The van der Waals surface area contributed by atoms with Crippen LogP contribution in [0.2, 0.25) is 0 Å². The van der Waals surface area contributed by atoms with Gasteiger partial charge in [0.15, 0.2) is 0 Å². The van der Waals surface area contributed by atoms with Crippen LogP contribution < -0.4 is 0 Å². The van der Waals surface area contributed by atoms with Crippen molar-refractivity contribution in [2.75, 3.05) is 13.1 Å². The quantitative estimate of drug-likeness (QED) is 0.754. The van der Waals surface area contributed by atoms with Crippen molar-refractivity contribution in [1.82, 2.24) is 4.90 Å². The lowest BCUT2D eigenvalue weighted by molar-refractivity contribution is -0.131. The van der Waals surface area contributed by atoms with Crippen molar-refractivity contribution in [2.24, 2.45) is 5.92 Å². The van der Waals surface area contributed by atoms with E-state index in [0.717, 1.165) is 12.8 Å². The third kappa shape index (κ3) is 5.56. The molecule has 0 fully saturated rings. The van der Waals surface area contributed by atoms with Crippen molar-refractivity contribution in [1.29, 1.82) is 5.26 Å². The highest BCUT2D eigenvalue weighted by Gasteiger charge is 2.14. The van der Waals surface area contributed by atoms with Crippen molar-refractivity contribution in [2.45, 2.75) is 33.1 Å². The van der Waals surface area contributed by atoms with Gasteiger partial charge in [0, 0.05) is 19.5 Å². The average Bonchev–Trinajstić information content (AvgIpc) is 2.45. The van der Waals surface area contributed by atoms with Crippen molar-refractivity contribution < 1.29 is 4.79 Å². The summed E-state index contributed by atoms with van der Waals surface area (Å²) in [6, 6.07) is 12.4. The number of aryl methyl sites for hydroxylation is 1. The molecule has 0 aliphatic heterocycles. The molecule has 0 spiro atoms.